The Morgan fingerprint density at radius 3 is 2.38 bits per heavy atom. The van der Waals surface area contributed by atoms with E-state index in [1.54, 1.807) is 12.1 Å². The van der Waals surface area contributed by atoms with E-state index in [0.717, 1.165) is 24.0 Å². The molecular formula is C16H16ClO3S-. The van der Waals surface area contributed by atoms with Gasteiger partial charge in [0, 0.05) is 5.02 Å². The van der Waals surface area contributed by atoms with E-state index in [1.807, 2.05) is 31.2 Å². The van der Waals surface area contributed by atoms with Crippen LogP contribution in [0.2, 0.25) is 5.02 Å². The molecule has 0 bridgehead atoms. The smallest absolute Gasteiger partial charge is 0.124 e. The van der Waals surface area contributed by atoms with Crippen molar-refractivity contribution in [3.8, 4) is 0 Å². The van der Waals surface area contributed by atoms with Crippen LogP contribution in [0.15, 0.2) is 47.4 Å². The quantitative estimate of drug-likeness (QED) is 0.788. The molecule has 0 saturated heterocycles. The minimum Gasteiger partial charge on any atom is -0.744 e. The van der Waals surface area contributed by atoms with E-state index in [-0.39, 0.29) is 4.90 Å². The Bertz CT molecular complexity index is 739. The zero-order chi connectivity index (χ0) is 15.5. The Kier molecular flexibility index (Phi) is 5.04. The molecule has 2 aromatic rings. The second-order valence-corrected chi connectivity index (χ2v) is 6.77. The van der Waals surface area contributed by atoms with Gasteiger partial charge in [0.25, 0.3) is 0 Å². The molecule has 0 spiro atoms. The summed E-state index contributed by atoms with van der Waals surface area (Å²) in [5.41, 5.74) is 2.55. The molecule has 21 heavy (non-hydrogen) atoms. The first-order valence-electron chi connectivity index (χ1n) is 6.67. The highest BCUT2D eigenvalue weighted by Gasteiger charge is 2.09. The number of rotatable bonds is 5. The largest absolute Gasteiger partial charge is 0.744 e. The first kappa shape index (κ1) is 16.0. The van der Waals surface area contributed by atoms with Crippen LogP contribution in [0.4, 0.5) is 0 Å². The Labute approximate surface area is 130 Å². The second kappa shape index (κ2) is 6.60. The van der Waals surface area contributed by atoms with Crippen molar-refractivity contribution in [1.82, 2.24) is 0 Å². The molecule has 2 rings (SSSR count). The molecule has 0 radical (unpaired) electrons. The van der Waals surface area contributed by atoms with Gasteiger partial charge < -0.3 is 4.55 Å². The fourth-order valence-corrected chi connectivity index (χ4v) is 3.26. The van der Waals surface area contributed by atoms with E-state index in [2.05, 4.69) is 0 Å². The van der Waals surface area contributed by atoms with E-state index < -0.39 is 10.1 Å². The third-order valence-electron chi connectivity index (χ3n) is 3.34. The lowest BCUT2D eigenvalue weighted by Gasteiger charge is -2.14. The number of aryl methyl sites for hydroxylation is 3. The normalized spacial score (nSPS) is 11.6. The lowest BCUT2D eigenvalue weighted by Crippen LogP contribution is -2.04. The van der Waals surface area contributed by atoms with Gasteiger partial charge in [-0.25, -0.2) is 8.42 Å². The maximum Gasteiger partial charge on any atom is 0.124 e. The molecule has 112 valence electrons. The zero-order valence-corrected chi connectivity index (χ0v) is 13.2. The number of hydrogen-bond donors (Lipinski definition) is 0. The van der Waals surface area contributed by atoms with E-state index >= 15 is 0 Å². The molecular weight excluding hydrogens is 308 g/mol. The summed E-state index contributed by atoms with van der Waals surface area (Å²) in [4.78, 5) is -0.118. The molecule has 0 fully saturated rings. The van der Waals surface area contributed by atoms with Gasteiger partial charge in [0.1, 0.15) is 10.1 Å². The summed E-state index contributed by atoms with van der Waals surface area (Å²) in [6.07, 6.45) is 2.01. The van der Waals surface area contributed by atoms with Crippen molar-refractivity contribution >= 4 is 21.7 Å². The highest BCUT2D eigenvalue weighted by Crippen LogP contribution is 2.21. The maximum absolute atomic E-state index is 11.3. The molecule has 0 aliphatic heterocycles. The van der Waals surface area contributed by atoms with Crippen LogP contribution in [-0.2, 0) is 23.0 Å². The lowest BCUT2D eigenvalue weighted by atomic mass is 10.0. The van der Waals surface area contributed by atoms with Crippen LogP contribution in [0.3, 0.4) is 0 Å². The number of halogens is 1. The van der Waals surface area contributed by atoms with Crippen molar-refractivity contribution in [3.05, 3.63) is 64.2 Å². The molecule has 0 N–H and O–H groups in total. The van der Waals surface area contributed by atoms with E-state index in [0.29, 0.717) is 17.0 Å². The molecule has 0 heterocycles. The van der Waals surface area contributed by atoms with Gasteiger partial charge >= 0.3 is 0 Å². The van der Waals surface area contributed by atoms with Crippen molar-refractivity contribution in [3.63, 3.8) is 0 Å². The highest BCUT2D eigenvalue weighted by molar-refractivity contribution is 7.85. The van der Waals surface area contributed by atoms with Crippen LogP contribution < -0.4 is 0 Å². The third kappa shape index (κ3) is 4.30. The molecule has 0 atom stereocenters. The van der Waals surface area contributed by atoms with Crippen LogP contribution in [-0.4, -0.2) is 13.0 Å². The molecule has 5 heteroatoms. The van der Waals surface area contributed by atoms with E-state index in [4.69, 9.17) is 11.6 Å². The summed E-state index contributed by atoms with van der Waals surface area (Å²) in [5.74, 6) is 0. The zero-order valence-electron chi connectivity index (χ0n) is 11.7. The molecule has 0 unspecified atom stereocenters. The first-order chi connectivity index (χ1) is 9.88. The van der Waals surface area contributed by atoms with Gasteiger partial charge in [-0.15, -0.1) is 0 Å². The van der Waals surface area contributed by atoms with Gasteiger partial charge in [-0.3, -0.25) is 0 Å². The van der Waals surface area contributed by atoms with Crippen LogP contribution in [0, 0.1) is 6.92 Å². The Morgan fingerprint density at radius 1 is 1.05 bits per heavy atom. The molecule has 3 nitrogen and oxygen atoms in total. The number of benzene rings is 2. The van der Waals surface area contributed by atoms with Crippen molar-refractivity contribution in [2.45, 2.75) is 31.1 Å². The summed E-state index contributed by atoms with van der Waals surface area (Å²) in [6, 6.07) is 12.4. The van der Waals surface area contributed by atoms with Crippen LogP contribution >= 0.6 is 11.6 Å². The predicted octanol–water partition coefficient (Wildman–Crippen LogP) is 3.73. The van der Waals surface area contributed by atoms with Gasteiger partial charge in [0.2, 0.25) is 0 Å². The fourth-order valence-electron chi connectivity index (χ4n) is 2.32. The highest BCUT2D eigenvalue weighted by atomic mass is 35.5. The first-order valence-corrected chi connectivity index (χ1v) is 8.45. The average molecular weight is 324 g/mol. The minimum absolute atomic E-state index is 0.118. The second-order valence-electron chi connectivity index (χ2n) is 5.01. The molecule has 0 aromatic heterocycles. The van der Waals surface area contributed by atoms with Gasteiger partial charge in [-0.05, 0) is 49.4 Å². The summed E-state index contributed by atoms with van der Waals surface area (Å²) in [6.45, 7) is 1.87. The Morgan fingerprint density at radius 2 is 1.71 bits per heavy atom. The lowest BCUT2D eigenvalue weighted by molar-refractivity contribution is 0.462. The number of hydrogen-bond acceptors (Lipinski definition) is 3. The van der Waals surface area contributed by atoms with Gasteiger partial charge in [-0.1, -0.05) is 47.5 Å². The molecule has 2 aromatic carbocycles. The van der Waals surface area contributed by atoms with E-state index in [1.165, 1.54) is 6.07 Å². The summed E-state index contributed by atoms with van der Waals surface area (Å²) < 4.78 is 33.8. The molecule has 0 aliphatic carbocycles. The average Bonchev–Trinajstić information content (AvgIpc) is 2.39. The standard InChI is InChI=1S/C16H17ClO3S/c1-12-9-10-16(21(18,19)20)14(11-12)7-4-6-13-5-2-3-8-15(13)17/h2-3,5,8-11H,4,6-7H2,1H3,(H,18,19,20)/p-1. The molecule has 0 aliphatic rings. The predicted molar refractivity (Wildman–Crippen MR) is 82.6 cm³/mol. The van der Waals surface area contributed by atoms with Crippen LogP contribution in [0.1, 0.15) is 23.1 Å². The Hall–Kier alpha value is -1.36. The minimum atomic E-state index is -4.43. The van der Waals surface area contributed by atoms with E-state index in [9.17, 15) is 13.0 Å². The Balaban J connectivity index is 2.14. The van der Waals surface area contributed by atoms with Crippen molar-refractivity contribution in [2.75, 3.05) is 0 Å². The van der Waals surface area contributed by atoms with Gasteiger partial charge in [-0.2, -0.15) is 0 Å². The van der Waals surface area contributed by atoms with Crippen molar-refractivity contribution in [2.24, 2.45) is 0 Å². The van der Waals surface area contributed by atoms with Gasteiger partial charge in [0.05, 0.1) is 4.90 Å². The van der Waals surface area contributed by atoms with Crippen LogP contribution in [0.5, 0.6) is 0 Å². The molecule has 0 amide bonds. The van der Waals surface area contributed by atoms with Crippen molar-refractivity contribution < 1.29 is 13.0 Å². The topological polar surface area (TPSA) is 57.2 Å². The van der Waals surface area contributed by atoms with Crippen molar-refractivity contribution in [1.29, 1.82) is 0 Å². The van der Waals surface area contributed by atoms with Gasteiger partial charge in [0.15, 0.2) is 0 Å². The summed E-state index contributed by atoms with van der Waals surface area (Å²) in [7, 11) is -4.43. The summed E-state index contributed by atoms with van der Waals surface area (Å²) in [5, 5.41) is 0.707. The maximum atomic E-state index is 11.3. The van der Waals surface area contributed by atoms with Crippen LogP contribution in [0.25, 0.3) is 0 Å². The summed E-state index contributed by atoms with van der Waals surface area (Å²) >= 11 is 6.09. The SMILES string of the molecule is Cc1ccc(S(=O)(=O)[O-])c(CCCc2ccccc2Cl)c1. The molecule has 0 saturated carbocycles. The monoisotopic (exact) mass is 323 g/mol. The third-order valence-corrected chi connectivity index (χ3v) is 4.64. The fraction of sp³-hybridized carbons (Fsp3) is 0.250.